The van der Waals surface area contributed by atoms with Crippen molar-refractivity contribution < 1.29 is 48.7 Å². The minimum Gasteiger partial charge on any atom is -0.480 e. The van der Waals surface area contributed by atoms with Gasteiger partial charge in [-0.1, -0.05) is 32.0 Å². The van der Waals surface area contributed by atoms with Crippen molar-refractivity contribution in [3.05, 3.63) is 36.0 Å². The van der Waals surface area contributed by atoms with Crippen molar-refractivity contribution in [2.45, 2.75) is 76.4 Å². The maximum atomic E-state index is 13.1. The van der Waals surface area contributed by atoms with Crippen LogP contribution >= 0.6 is 7.75 Å². The first-order chi connectivity index (χ1) is 17.3. The van der Waals surface area contributed by atoms with Gasteiger partial charge in [0, 0.05) is 23.5 Å². The summed E-state index contributed by atoms with van der Waals surface area (Å²) in [6.45, 7) is 4.90. The van der Waals surface area contributed by atoms with Crippen molar-refractivity contribution >= 4 is 30.5 Å². The molecule has 2 unspecified atom stereocenters. The molecule has 1 aromatic carbocycles. The third kappa shape index (κ3) is 7.37. The Morgan fingerprint density at radius 3 is 2.46 bits per heavy atom. The lowest BCUT2D eigenvalue weighted by molar-refractivity contribution is -0.270. The van der Waals surface area contributed by atoms with Crippen LogP contribution in [-0.2, 0) is 29.8 Å². The summed E-state index contributed by atoms with van der Waals surface area (Å²) in [6, 6.07) is 4.63. The van der Waals surface area contributed by atoms with Crippen LogP contribution in [0.2, 0.25) is 0 Å². The van der Waals surface area contributed by atoms with E-state index in [4.69, 9.17) is 9.26 Å². The molecule has 0 radical (unpaired) electrons. The van der Waals surface area contributed by atoms with E-state index in [0.717, 1.165) is 10.9 Å². The summed E-state index contributed by atoms with van der Waals surface area (Å²) in [5, 5.41) is 45.0. The molecule has 1 aromatic heterocycles. The molecule has 2 aromatic rings. The molecule has 1 fully saturated rings. The van der Waals surface area contributed by atoms with Crippen LogP contribution in [0.4, 0.5) is 0 Å². The molecule has 1 aliphatic rings. The molecule has 8 N–H and O–H groups in total. The quantitative estimate of drug-likeness (QED) is 0.180. The van der Waals surface area contributed by atoms with Gasteiger partial charge in [-0.2, -0.15) is 0 Å². The lowest BCUT2D eigenvalue weighted by Crippen LogP contribution is -2.57. The highest BCUT2D eigenvalue weighted by atomic mass is 31.2. The predicted octanol–water partition coefficient (Wildman–Crippen LogP) is 0.229. The van der Waals surface area contributed by atoms with Gasteiger partial charge in [-0.15, -0.1) is 0 Å². The second-order valence-electron chi connectivity index (χ2n) is 9.58. The highest BCUT2D eigenvalue weighted by Crippen LogP contribution is 2.42. The van der Waals surface area contributed by atoms with E-state index in [1.165, 1.54) is 6.92 Å². The van der Waals surface area contributed by atoms with Crippen molar-refractivity contribution in [1.29, 1.82) is 0 Å². The van der Waals surface area contributed by atoms with Gasteiger partial charge in [0.15, 0.2) is 6.29 Å². The van der Waals surface area contributed by atoms with Gasteiger partial charge in [0.25, 0.3) is 0 Å². The Bertz CT molecular complexity index is 1140. The number of para-hydroxylation sites is 1. The minimum absolute atomic E-state index is 0.0347. The molecule has 1 amide bonds. The second-order valence-corrected chi connectivity index (χ2v) is 11.1. The molecule has 3 rings (SSSR count). The zero-order valence-electron chi connectivity index (χ0n) is 20.6. The number of benzene rings is 1. The summed E-state index contributed by atoms with van der Waals surface area (Å²) < 4.78 is 23.0. The summed E-state index contributed by atoms with van der Waals surface area (Å²) >= 11 is 0. The van der Waals surface area contributed by atoms with E-state index in [1.54, 1.807) is 20.0 Å². The average Bonchev–Trinajstić information content (AvgIpc) is 3.22. The highest BCUT2D eigenvalue weighted by molar-refractivity contribution is 7.50. The minimum atomic E-state index is -4.83. The molecule has 37 heavy (non-hydrogen) atoms. The Morgan fingerprint density at radius 1 is 1.14 bits per heavy atom. The number of carboxylic acids is 1. The number of nitrogens with one attached hydrogen (secondary N) is 3. The molecule has 0 bridgehead atoms. The Balaban J connectivity index is 1.72. The van der Waals surface area contributed by atoms with Gasteiger partial charge in [-0.05, 0) is 30.9 Å². The fourth-order valence-electron chi connectivity index (χ4n) is 4.15. The maximum Gasteiger partial charge on any atom is 0.406 e. The smallest absolute Gasteiger partial charge is 0.406 e. The number of hydrogen-bond donors (Lipinski definition) is 8. The van der Waals surface area contributed by atoms with Crippen molar-refractivity contribution in [3.63, 3.8) is 0 Å². The zero-order valence-corrected chi connectivity index (χ0v) is 21.5. The van der Waals surface area contributed by atoms with Crippen LogP contribution in [0.5, 0.6) is 0 Å². The van der Waals surface area contributed by atoms with Gasteiger partial charge in [-0.25, -0.2) is 14.4 Å². The number of aromatic amines is 1. The largest absolute Gasteiger partial charge is 0.480 e. The summed E-state index contributed by atoms with van der Waals surface area (Å²) in [4.78, 5) is 38.5. The first-order valence-corrected chi connectivity index (χ1v) is 13.4. The molecule has 206 valence electrons. The standard InChI is InChI=1S/C23H34N3O10P/c1-11(2)8-16(26-37(33,34)36-23-20(29)19(28)18(27)12(3)35-23)21(30)25-17(22(31)32)9-13-10-24-15-7-5-4-6-14(13)15/h4-7,10-12,16-20,23-24,27-29H,8-9H2,1-3H3,(H,25,30)(H,31,32)(H2,26,33,34)/t12-,16-,17-,18-,19?,20+,23-/m0/s1. The van der Waals surface area contributed by atoms with E-state index in [2.05, 4.69) is 15.4 Å². The van der Waals surface area contributed by atoms with Crippen LogP contribution < -0.4 is 10.4 Å². The number of fused-ring (bicyclic) bond motifs is 1. The highest BCUT2D eigenvalue weighted by Gasteiger charge is 2.45. The first kappa shape index (κ1) is 29.2. The fourth-order valence-corrected chi connectivity index (χ4v) is 5.28. The molecule has 1 aliphatic heterocycles. The monoisotopic (exact) mass is 543 g/mol. The van der Waals surface area contributed by atoms with Crippen LogP contribution in [-0.4, -0.2) is 85.0 Å². The van der Waals surface area contributed by atoms with Crippen LogP contribution in [0.3, 0.4) is 0 Å². The van der Waals surface area contributed by atoms with E-state index in [-0.39, 0.29) is 18.8 Å². The normalized spacial score (nSPS) is 27.5. The summed E-state index contributed by atoms with van der Waals surface area (Å²) in [6.07, 6.45) is -6.08. The number of amides is 1. The molecule has 0 spiro atoms. The molecule has 14 heteroatoms. The molecule has 2 heterocycles. The topological polar surface area (TPSA) is 211 Å². The summed E-state index contributed by atoms with van der Waals surface area (Å²) in [5.41, 5.74) is 1.48. The number of carbonyl (C=O) groups excluding carboxylic acids is 1. The van der Waals surface area contributed by atoms with E-state index >= 15 is 0 Å². The zero-order chi connectivity index (χ0) is 27.5. The molecule has 1 saturated heterocycles. The Labute approximate surface area is 213 Å². The number of aliphatic carboxylic acids is 1. The van der Waals surface area contributed by atoms with Crippen molar-refractivity contribution in [3.8, 4) is 0 Å². The number of carboxylic acid groups (broad SMARTS) is 1. The maximum absolute atomic E-state index is 13.1. The van der Waals surface area contributed by atoms with Crippen LogP contribution in [0.1, 0.15) is 32.8 Å². The lowest BCUT2D eigenvalue weighted by atomic mass is 10.0. The Morgan fingerprint density at radius 2 is 1.81 bits per heavy atom. The Hall–Kier alpha value is -2.35. The third-order valence-corrected chi connectivity index (χ3v) is 7.24. The van der Waals surface area contributed by atoms with Gasteiger partial charge in [0.2, 0.25) is 5.91 Å². The summed E-state index contributed by atoms with van der Waals surface area (Å²) in [5.74, 6) is -2.27. The number of rotatable bonds is 11. The average molecular weight is 544 g/mol. The van der Waals surface area contributed by atoms with Gasteiger partial charge in [0.05, 0.1) is 12.1 Å². The van der Waals surface area contributed by atoms with Crippen LogP contribution in [0.25, 0.3) is 10.9 Å². The number of hydrogen-bond acceptors (Lipinski definition) is 8. The molecule has 0 aliphatic carbocycles. The first-order valence-electron chi connectivity index (χ1n) is 11.9. The van der Waals surface area contributed by atoms with E-state index in [0.29, 0.717) is 5.56 Å². The van der Waals surface area contributed by atoms with Gasteiger partial charge in [0.1, 0.15) is 24.4 Å². The molecule has 8 atom stereocenters. The second kappa shape index (κ2) is 12.0. The van der Waals surface area contributed by atoms with Gasteiger partial charge >= 0.3 is 13.7 Å². The van der Waals surface area contributed by atoms with Crippen molar-refractivity contribution in [2.75, 3.05) is 0 Å². The van der Waals surface area contributed by atoms with Crippen molar-refractivity contribution in [1.82, 2.24) is 15.4 Å². The molecule has 0 saturated carbocycles. The van der Waals surface area contributed by atoms with Crippen LogP contribution in [0, 0.1) is 5.92 Å². The number of ether oxygens (including phenoxy) is 1. The number of aromatic nitrogens is 1. The summed E-state index contributed by atoms with van der Waals surface area (Å²) in [7, 11) is -4.83. The van der Waals surface area contributed by atoms with Crippen molar-refractivity contribution in [2.24, 2.45) is 5.92 Å². The SMILES string of the molecule is CC(C)C[C@H](NP(=O)(O)O[C@@H]1O[C@@H](C)[C@H](O)C(O)[C@H]1O)C(=O)N[C@@H](Cc1c[nH]c2ccccc12)C(=O)O. The molecular weight excluding hydrogens is 509 g/mol. The number of H-pyrrole nitrogens is 1. The van der Waals surface area contributed by atoms with E-state index in [1.807, 2.05) is 24.3 Å². The number of aliphatic hydroxyl groups is 3. The Kier molecular flexibility index (Phi) is 9.48. The number of carbonyl (C=O) groups is 2. The molecule has 13 nitrogen and oxygen atoms in total. The third-order valence-electron chi connectivity index (χ3n) is 6.11. The fraction of sp³-hybridized carbons (Fsp3) is 0.565. The lowest BCUT2D eigenvalue weighted by Gasteiger charge is -2.39. The molecular formula is C23H34N3O10P. The van der Waals surface area contributed by atoms with Gasteiger partial charge < -0.3 is 40.4 Å². The predicted molar refractivity (Wildman–Crippen MR) is 131 cm³/mol. The van der Waals surface area contributed by atoms with Gasteiger partial charge in [-0.3, -0.25) is 9.32 Å². The van der Waals surface area contributed by atoms with E-state index < -0.39 is 62.4 Å². The van der Waals surface area contributed by atoms with E-state index in [9.17, 15) is 39.5 Å². The number of aliphatic hydroxyl groups excluding tert-OH is 3. The van der Waals surface area contributed by atoms with Crippen LogP contribution in [0.15, 0.2) is 30.5 Å².